The number of hydrogen-bond donors (Lipinski definition) is 0. The predicted molar refractivity (Wildman–Crippen MR) is 61.3 cm³/mol. The lowest BCUT2D eigenvalue weighted by Crippen LogP contribution is -2.24. The highest BCUT2D eigenvalue weighted by Gasteiger charge is 2.34. The van der Waals surface area contributed by atoms with E-state index in [0.29, 0.717) is 12.0 Å². The summed E-state index contributed by atoms with van der Waals surface area (Å²) >= 11 is 5.55. The number of nitrogens with zero attached hydrogens (tertiary/aromatic N) is 1. The van der Waals surface area contributed by atoms with E-state index in [9.17, 15) is 9.59 Å². The van der Waals surface area contributed by atoms with Gasteiger partial charge in [-0.05, 0) is 29.7 Å². The number of anilines is 1. The quantitative estimate of drug-likeness (QED) is 0.576. The SMILES string of the molecule is O=C(CCl)c1cc2c3c(c1)CC(=O)N3CC2. The van der Waals surface area contributed by atoms with Gasteiger partial charge in [-0.25, -0.2) is 0 Å². The van der Waals surface area contributed by atoms with Crippen LogP contribution in [0.2, 0.25) is 0 Å². The zero-order valence-electron chi connectivity index (χ0n) is 8.62. The maximum Gasteiger partial charge on any atom is 0.231 e. The molecule has 0 radical (unpaired) electrons. The topological polar surface area (TPSA) is 37.4 Å². The highest BCUT2D eigenvalue weighted by molar-refractivity contribution is 6.30. The summed E-state index contributed by atoms with van der Waals surface area (Å²) in [5, 5.41) is 0. The fourth-order valence-electron chi connectivity index (χ4n) is 2.52. The van der Waals surface area contributed by atoms with Crippen LogP contribution in [0.1, 0.15) is 21.5 Å². The fraction of sp³-hybridized carbons (Fsp3) is 0.333. The predicted octanol–water partition coefficient (Wildman–Crippen LogP) is 1.55. The third kappa shape index (κ3) is 1.21. The van der Waals surface area contributed by atoms with Crippen molar-refractivity contribution in [2.75, 3.05) is 17.3 Å². The van der Waals surface area contributed by atoms with Crippen LogP contribution in [0.25, 0.3) is 0 Å². The van der Waals surface area contributed by atoms with Gasteiger partial charge in [0.2, 0.25) is 5.91 Å². The first kappa shape index (κ1) is 9.85. The smallest absolute Gasteiger partial charge is 0.231 e. The van der Waals surface area contributed by atoms with E-state index in [2.05, 4.69) is 0 Å². The van der Waals surface area contributed by atoms with Crippen LogP contribution in [0, 0.1) is 0 Å². The molecule has 16 heavy (non-hydrogen) atoms. The van der Waals surface area contributed by atoms with Crippen LogP contribution >= 0.6 is 11.6 Å². The lowest BCUT2D eigenvalue weighted by molar-refractivity contribution is -0.117. The number of Topliss-reactive ketones (excluding diaryl/α,β-unsaturated/α-hetero) is 1. The Balaban J connectivity index is 2.15. The zero-order chi connectivity index (χ0) is 11.3. The van der Waals surface area contributed by atoms with Crippen molar-refractivity contribution in [1.82, 2.24) is 0 Å². The first-order valence-electron chi connectivity index (χ1n) is 5.26. The van der Waals surface area contributed by atoms with E-state index in [4.69, 9.17) is 11.6 Å². The van der Waals surface area contributed by atoms with Crippen molar-refractivity contribution in [2.45, 2.75) is 12.8 Å². The molecule has 4 heteroatoms. The number of rotatable bonds is 2. The fourth-order valence-corrected chi connectivity index (χ4v) is 2.68. The lowest BCUT2D eigenvalue weighted by Gasteiger charge is -2.09. The van der Waals surface area contributed by atoms with Crippen LogP contribution < -0.4 is 4.90 Å². The minimum Gasteiger partial charge on any atom is -0.311 e. The molecule has 0 aromatic heterocycles. The van der Waals surface area contributed by atoms with Crippen molar-refractivity contribution in [2.24, 2.45) is 0 Å². The normalized spacial score (nSPS) is 16.8. The second-order valence-electron chi connectivity index (χ2n) is 4.17. The Morgan fingerprint density at radius 2 is 2.12 bits per heavy atom. The number of hydrogen-bond acceptors (Lipinski definition) is 2. The van der Waals surface area contributed by atoms with E-state index in [1.54, 1.807) is 0 Å². The second kappa shape index (κ2) is 3.32. The first-order valence-corrected chi connectivity index (χ1v) is 5.79. The number of carbonyl (C=O) groups excluding carboxylic acids is 2. The highest BCUT2D eigenvalue weighted by atomic mass is 35.5. The molecule has 0 spiro atoms. The summed E-state index contributed by atoms with van der Waals surface area (Å²) in [6.45, 7) is 0.750. The molecule has 2 aliphatic rings. The number of alkyl halides is 1. The molecule has 0 unspecified atom stereocenters. The monoisotopic (exact) mass is 235 g/mol. The maximum absolute atomic E-state index is 11.7. The average molecular weight is 236 g/mol. The van der Waals surface area contributed by atoms with Crippen LogP contribution in [-0.4, -0.2) is 24.1 Å². The van der Waals surface area contributed by atoms with Gasteiger partial charge in [-0.3, -0.25) is 9.59 Å². The molecule has 0 saturated heterocycles. The van der Waals surface area contributed by atoms with Crippen molar-refractivity contribution in [3.8, 4) is 0 Å². The Kier molecular flexibility index (Phi) is 2.04. The summed E-state index contributed by atoms with van der Waals surface area (Å²) < 4.78 is 0. The molecule has 0 atom stereocenters. The van der Waals surface area contributed by atoms with Crippen molar-refractivity contribution in [3.63, 3.8) is 0 Å². The first-order chi connectivity index (χ1) is 7.70. The lowest BCUT2D eigenvalue weighted by atomic mass is 10.0. The molecule has 82 valence electrons. The van der Waals surface area contributed by atoms with Crippen molar-refractivity contribution < 1.29 is 9.59 Å². The standard InChI is InChI=1S/C12H10ClNO2/c13-6-10(15)8-3-7-1-2-14-11(16)5-9(4-8)12(7)14/h3-4H,1-2,5-6H2. The molecule has 1 amide bonds. The van der Waals surface area contributed by atoms with Crippen LogP contribution in [0.3, 0.4) is 0 Å². The van der Waals surface area contributed by atoms with Crippen molar-refractivity contribution in [1.29, 1.82) is 0 Å². The van der Waals surface area contributed by atoms with Gasteiger partial charge in [-0.1, -0.05) is 0 Å². The van der Waals surface area contributed by atoms with Gasteiger partial charge in [0.05, 0.1) is 18.0 Å². The molecule has 2 aliphatic heterocycles. The van der Waals surface area contributed by atoms with Crippen LogP contribution in [-0.2, 0) is 17.6 Å². The molecule has 0 saturated carbocycles. The van der Waals surface area contributed by atoms with Gasteiger partial charge >= 0.3 is 0 Å². The average Bonchev–Trinajstić information content (AvgIpc) is 2.84. The molecule has 3 rings (SSSR count). The van der Waals surface area contributed by atoms with Gasteiger partial charge in [-0.2, -0.15) is 0 Å². The highest BCUT2D eigenvalue weighted by Crippen LogP contribution is 2.38. The van der Waals surface area contributed by atoms with Gasteiger partial charge in [0.1, 0.15) is 0 Å². The van der Waals surface area contributed by atoms with E-state index in [-0.39, 0.29) is 17.6 Å². The summed E-state index contributed by atoms with van der Waals surface area (Å²) in [7, 11) is 0. The third-order valence-electron chi connectivity index (χ3n) is 3.23. The zero-order valence-corrected chi connectivity index (χ0v) is 9.38. The molecular formula is C12H10ClNO2. The second-order valence-corrected chi connectivity index (χ2v) is 4.44. The summed E-state index contributed by atoms with van der Waals surface area (Å²) in [5.41, 5.74) is 3.77. The number of benzene rings is 1. The Morgan fingerprint density at radius 3 is 2.88 bits per heavy atom. The number of halogens is 1. The molecule has 0 bridgehead atoms. The molecule has 0 aliphatic carbocycles. The summed E-state index contributed by atoms with van der Waals surface area (Å²) in [6.07, 6.45) is 1.27. The summed E-state index contributed by atoms with van der Waals surface area (Å²) in [5.74, 6) is 0.0679. The molecule has 3 nitrogen and oxygen atoms in total. The maximum atomic E-state index is 11.7. The van der Waals surface area contributed by atoms with Crippen molar-refractivity contribution >= 4 is 29.0 Å². The van der Waals surface area contributed by atoms with E-state index in [1.165, 1.54) is 0 Å². The van der Waals surface area contributed by atoms with Gasteiger partial charge in [0.15, 0.2) is 5.78 Å². The number of amides is 1. The molecule has 0 N–H and O–H groups in total. The van der Waals surface area contributed by atoms with Crippen molar-refractivity contribution in [3.05, 3.63) is 28.8 Å². The summed E-state index contributed by atoms with van der Waals surface area (Å²) in [6, 6.07) is 3.69. The van der Waals surface area contributed by atoms with Gasteiger partial charge in [-0.15, -0.1) is 11.6 Å². The van der Waals surface area contributed by atoms with Gasteiger partial charge in [0, 0.05) is 12.1 Å². The van der Waals surface area contributed by atoms with E-state index in [0.717, 1.165) is 29.8 Å². The Morgan fingerprint density at radius 1 is 1.38 bits per heavy atom. The molecule has 1 aromatic rings. The van der Waals surface area contributed by atoms with Crippen LogP contribution in [0.15, 0.2) is 12.1 Å². The van der Waals surface area contributed by atoms with Gasteiger partial charge in [0.25, 0.3) is 0 Å². The Labute approximate surface area is 98.0 Å². The van der Waals surface area contributed by atoms with Gasteiger partial charge < -0.3 is 4.90 Å². The molecule has 2 heterocycles. The third-order valence-corrected chi connectivity index (χ3v) is 3.47. The minimum atomic E-state index is -0.0708. The van der Waals surface area contributed by atoms with E-state index in [1.807, 2.05) is 17.0 Å². The largest absolute Gasteiger partial charge is 0.311 e. The number of ketones is 1. The van der Waals surface area contributed by atoms with Crippen LogP contribution in [0.5, 0.6) is 0 Å². The molecular weight excluding hydrogens is 226 g/mol. The Bertz CT molecular complexity index is 510. The number of carbonyl (C=O) groups is 2. The minimum absolute atomic E-state index is 0.00408. The van der Waals surface area contributed by atoms with E-state index >= 15 is 0 Å². The molecule has 0 fully saturated rings. The molecule has 1 aromatic carbocycles. The van der Waals surface area contributed by atoms with E-state index < -0.39 is 0 Å². The van der Waals surface area contributed by atoms with Crippen LogP contribution in [0.4, 0.5) is 5.69 Å². The summed E-state index contributed by atoms with van der Waals surface area (Å²) in [4.78, 5) is 25.0. The Hall–Kier alpha value is -1.35.